The van der Waals surface area contributed by atoms with Crippen LogP contribution < -0.4 is 15.6 Å². The molecule has 0 saturated carbocycles. The Morgan fingerprint density at radius 3 is 1.54 bits per heavy atom. The largest absolute Gasteiger partial charge is 0.157 e. The summed E-state index contributed by atoms with van der Waals surface area (Å²) in [7, 11) is -1.14. The molecule has 0 N–H and O–H groups in total. The Morgan fingerprint density at radius 1 is 0.583 bits per heavy atom. The van der Waals surface area contributed by atoms with Crippen LogP contribution >= 0.6 is 11.6 Å². The van der Waals surface area contributed by atoms with Crippen LogP contribution in [0.15, 0.2) is 60.7 Å². The van der Waals surface area contributed by atoms with Gasteiger partial charge < -0.3 is 0 Å². The fourth-order valence-corrected chi connectivity index (χ4v) is 6.69. The highest BCUT2D eigenvalue weighted by Crippen LogP contribution is 2.12. The van der Waals surface area contributed by atoms with E-state index in [9.17, 15) is 0 Å². The van der Waals surface area contributed by atoms with E-state index >= 15 is 0 Å². The summed E-state index contributed by atoms with van der Waals surface area (Å²) in [4.78, 5) is 0. The van der Waals surface area contributed by atoms with Crippen molar-refractivity contribution in [2.75, 3.05) is 0 Å². The summed E-state index contributed by atoms with van der Waals surface area (Å²) in [6, 6.07) is 21.6. The van der Waals surface area contributed by atoms with Gasteiger partial charge in [-0.1, -0.05) is 66.2 Å². The molecule has 0 nitrogen and oxygen atoms in total. The first-order valence-electron chi connectivity index (χ1n) is 8.25. The molecule has 3 aromatic rings. The maximum atomic E-state index is 6.63. The van der Waals surface area contributed by atoms with Crippen molar-refractivity contribution in [3.8, 4) is 0 Å². The van der Waals surface area contributed by atoms with Crippen LogP contribution in [0.1, 0.15) is 22.3 Å². The number of benzene rings is 3. The Hall–Kier alpha value is -1.83. The van der Waals surface area contributed by atoms with Crippen molar-refractivity contribution in [1.29, 1.82) is 0 Å². The second-order valence-corrected chi connectivity index (χ2v) is 9.12. The van der Waals surface area contributed by atoms with Gasteiger partial charge >= 0.3 is 0 Å². The molecule has 3 aromatic carbocycles. The molecule has 0 fully saturated rings. The van der Waals surface area contributed by atoms with Crippen LogP contribution in [0.25, 0.3) is 0 Å². The number of rotatable bonds is 3. The fraction of sp³-hybridized carbons (Fsp3) is 0.182. The number of aryl methyl sites for hydroxylation is 2. The second kappa shape index (κ2) is 6.96. The van der Waals surface area contributed by atoms with Crippen molar-refractivity contribution in [2.24, 2.45) is 0 Å². The van der Waals surface area contributed by atoms with Gasteiger partial charge in [-0.3, -0.25) is 0 Å². The summed E-state index contributed by atoms with van der Waals surface area (Å²) in [6.07, 6.45) is 0. The predicted octanol–water partition coefficient (Wildman–Crippen LogP) is 4.09. The molecule has 2 heteroatoms. The van der Waals surface area contributed by atoms with Crippen LogP contribution in [0.2, 0.25) is 5.02 Å². The molecular weight excluding hydrogens is 328 g/mol. The Kier molecular flexibility index (Phi) is 4.93. The minimum Gasteiger partial charge on any atom is -0.0845 e. The first kappa shape index (κ1) is 17.0. The quantitative estimate of drug-likeness (QED) is 0.493. The number of hydrogen-bond acceptors (Lipinski definition) is 0. The van der Waals surface area contributed by atoms with Gasteiger partial charge in [0.15, 0.2) is 8.80 Å². The lowest BCUT2D eigenvalue weighted by Crippen LogP contribution is -2.54. The summed E-state index contributed by atoms with van der Waals surface area (Å²) in [5.41, 5.74) is 5.44. The average molecular weight is 350 g/mol. The van der Waals surface area contributed by atoms with E-state index in [1.54, 1.807) is 0 Å². The monoisotopic (exact) mass is 349 g/mol. The van der Waals surface area contributed by atoms with Crippen molar-refractivity contribution < 1.29 is 0 Å². The average Bonchev–Trinajstić information content (AvgIpc) is 2.57. The molecule has 121 valence electrons. The fourth-order valence-electron chi connectivity index (χ4n) is 3.14. The molecule has 1 radical (unpaired) electrons. The number of halogens is 1. The molecule has 0 atom stereocenters. The van der Waals surface area contributed by atoms with E-state index in [1.165, 1.54) is 37.8 Å². The lowest BCUT2D eigenvalue weighted by molar-refractivity contribution is 1.35. The molecular formula is C22H22ClSi. The third kappa shape index (κ3) is 3.06. The summed E-state index contributed by atoms with van der Waals surface area (Å²) < 4.78 is 0. The van der Waals surface area contributed by atoms with Gasteiger partial charge in [0.1, 0.15) is 0 Å². The van der Waals surface area contributed by atoms with Crippen molar-refractivity contribution >= 4 is 36.0 Å². The lowest BCUT2D eigenvalue weighted by Gasteiger charge is -2.23. The van der Waals surface area contributed by atoms with Gasteiger partial charge in [0, 0.05) is 5.02 Å². The molecule has 0 aliphatic heterocycles. The summed E-state index contributed by atoms with van der Waals surface area (Å²) >= 11 is 6.63. The first-order chi connectivity index (χ1) is 11.5. The van der Waals surface area contributed by atoms with Crippen LogP contribution in [0.5, 0.6) is 0 Å². The minimum atomic E-state index is -1.14. The molecule has 24 heavy (non-hydrogen) atoms. The van der Waals surface area contributed by atoms with Crippen molar-refractivity contribution in [3.63, 3.8) is 0 Å². The topological polar surface area (TPSA) is 0 Å². The molecule has 0 aromatic heterocycles. The Morgan fingerprint density at radius 2 is 1.04 bits per heavy atom. The van der Waals surface area contributed by atoms with Crippen LogP contribution in [-0.2, 0) is 0 Å². The van der Waals surface area contributed by atoms with E-state index < -0.39 is 8.80 Å². The molecule has 0 aliphatic rings. The van der Waals surface area contributed by atoms with Gasteiger partial charge in [-0.15, -0.1) is 0 Å². The smallest absolute Gasteiger partial charge is 0.0845 e. The third-order valence-corrected chi connectivity index (χ3v) is 8.51. The third-order valence-electron chi connectivity index (χ3n) is 4.89. The summed E-state index contributed by atoms with van der Waals surface area (Å²) in [6.45, 7) is 8.84. The SMILES string of the molecule is Cc1cccc([Si](c2ccccc2Cl)c2cccc(C)c2C)c1C. The maximum absolute atomic E-state index is 6.63. The van der Waals surface area contributed by atoms with Crippen molar-refractivity contribution in [3.05, 3.63) is 87.9 Å². The molecule has 0 aliphatic carbocycles. The zero-order valence-corrected chi connectivity index (χ0v) is 16.4. The highest BCUT2D eigenvalue weighted by Gasteiger charge is 2.25. The van der Waals surface area contributed by atoms with E-state index in [4.69, 9.17) is 11.6 Å². The number of hydrogen-bond donors (Lipinski definition) is 0. The van der Waals surface area contributed by atoms with Gasteiger partial charge in [-0.05, 0) is 71.6 Å². The Labute approximate surface area is 151 Å². The standard InChI is InChI=1S/C22H22ClSi/c1-15-9-7-13-20(17(15)3)24(22-12-6-5-11-19(22)23)21-14-8-10-16(2)18(21)4/h5-14H,1-4H3. The molecule has 3 rings (SSSR count). The molecule has 0 spiro atoms. The Bertz CT molecular complexity index is 831. The van der Waals surface area contributed by atoms with E-state index in [1.807, 2.05) is 12.1 Å². The summed E-state index contributed by atoms with van der Waals surface area (Å²) in [5, 5.41) is 5.00. The van der Waals surface area contributed by atoms with Gasteiger partial charge in [-0.25, -0.2) is 0 Å². The van der Waals surface area contributed by atoms with Crippen LogP contribution in [-0.4, -0.2) is 8.80 Å². The zero-order valence-electron chi connectivity index (χ0n) is 14.7. The van der Waals surface area contributed by atoms with Crippen LogP contribution in [0, 0.1) is 27.7 Å². The lowest BCUT2D eigenvalue weighted by atomic mass is 10.1. The highest BCUT2D eigenvalue weighted by atomic mass is 35.5. The van der Waals surface area contributed by atoms with Crippen molar-refractivity contribution in [1.82, 2.24) is 0 Å². The maximum Gasteiger partial charge on any atom is 0.157 e. The van der Waals surface area contributed by atoms with Crippen LogP contribution in [0.3, 0.4) is 0 Å². The van der Waals surface area contributed by atoms with E-state index in [2.05, 4.69) is 76.2 Å². The molecule has 0 saturated heterocycles. The van der Waals surface area contributed by atoms with E-state index in [0.717, 1.165) is 5.02 Å². The second-order valence-electron chi connectivity index (χ2n) is 6.35. The molecule has 0 amide bonds. The molecule has 0 bridgehead atoms. The molecule has 0 heterocycles. The molecule has 0 unspecified atom stereocenters. The predicted molar refractivity (Wildman–Crippen MR) is 108 cm³/mol. The van der Waals surface area contributed by atoms with Gasteiger partial charge in [0.05, 0.1) is 0 Å². The normalized spacial score (nSPS) is 11.1. The van der Waals surface area contributed by atoms with Gasteiger partial charge in [-0.2, -0.15) is 0 Å². The van der Waals surface area contributed by atoms with Gasteiger partial charge in [0.25, 0.3) is 0 Å². The van der Waals surface area contributed by atoms with Crippen molar-refractivity contribution in [2.45, 2.75) is 27.7 Å². The van der Waals surface area contributed by atoms with E-state index in [0.29, 0.717) is 0 Å². The van der Waals surface area contributed by atoms with E-state index in [-0.39, 0.29) is 0 Å². The first-order valence-corrected chi connectivity index (χ1v) is 10.1. The summed E-state index contributed by atoms with van der Waals surface area (Å²) in [5.74, 6) is 0. The highest BCUT2D eigenvalue weighted by molar-refractivity contribution is 6.97. The van der Waals surface area contributed by atoms with Crippen LogP contribution in [0.4, 0.5) is 0 Å². The zero-order chi connectivity index (χ0) is 17.3. The van der Waals surface area contributed by atoms with Gasteiger partial charge in [0.2, 0.25) is 0 Å². The minimum absolute atomic E-state index is 0.869. The Balaban J connectivity index is 2.32.